The van der Waals surface area contributed by atoms with Crippen molar-refractivity contribution in [3.8, 4) is 50.4 Å². The van der Waals surface area contributed by atoms with E-state index in [1.807, 2.05) is 0 Å². The predicted octanol–water partition coefficient (Wildman–Crippen LogP) is 16.0. The molecule has 3 nitrogen and oxygen atoms in total. The maximum absolute atomic E-state index is 2.47. The molecule has 0 fully saturated rings. The van der Waals surface area contributed by atoms with Crippen molar-refractivity contribution in [1.82, 2.24) is 13.7 Å². The molecule has 0 N–H and O–H groups in total. The first-order chi connectivity index (χ1) is 31.3. The highest BCUT2D eigenvalue weighted by molar-refractivity contribution is 6.13. The summed E-state index contributed by atoms with van der Waals surface area (Å²) in [4.78, 5) is 0. The molecule has 13 rings (SSSR count). The van der Waals surface area contributed by atoms with Crippen LogP contribution in [-0.4, -0.2) is 13.7 Å². The molecule has 0 aliphatic heterocycles. The highest BCUT2D eigenvalue weighted by Crippen LogP contribution is 2.42. The molecule has 3 heterocycles. The summed E-state index contributed by atoms with van der Waals surface area (Å²) < 4.78 is 7.39. The maximum atomic E-state index is 2.47. The van der Waals surface area contributed by atoms with Crippen LogP contribution in [0.2, 0.25) is 0 Å². The number of para-hydroxylation sites is 5. The summed E-state index contributed by atoms with van der Waals surface area (Å²) in [6.07, 6.45) is 0. The van der Waals surface area contributed by atoms with Crippen LogP contribution < -0.4 is 0 Å². The quantitative estimate of drug-likeness (QED) is 0.159. The van der Waals surface area contributed by atoms with Crippen molar-refractivity contribution >= 4 is 65.4 Å². The minimum atomic E-state index is 1.10. The van der Waals surface area contributed by atoms with Gasteiger partial charge in [0.05, 0.1) is 38.8 Å². The van der Waals surface area contributed by atoms with E-state index >= 15 is 0 Å². The topological polar surface area (TPSA) is 14.8 Å². The summed E-state index contributed by atoms with van der Waals surface area (Å²) in [7, 11) is 0. The minimum absolute atomic E-state index is 1.10. The van der Waals surface area contributed by atoms with Gasteiger partial charge in [0.15, 0.2) is 0 Å². The smallest absolute Gasteiger partial charge is 0.0541 e. The van der Waals surface area contributed by atoms with Gasteiger partial charge in [-0.3, -0.25) is 0 Å². The zero-order chi connectivity index (χ0) is 41.4. The summed E-state index contributed by atoms with van der Waals surface area (Å²) in [5, 5.41) is 7.42. The van der Waals surface area contributed by atoms with E-state index in [0.717, 1.165) is 28.2 Å². The Balaban J connectivity index is 1.12. The highest BCUT2D eigenvalue weighted by atomic mass is 15.0. The van der Waals surface area contributed by atoms with Crippen LogP contribution in [0.5, 0.6) is 0 Å². The molecule has 0 atom stereocenters. The third-order valence-electron chi connectivity index (χ3n) is 13.0. The number of fused-ring (bicyclic) bond motifs is 9. The van der Waals surface area contributed by atoms with Gasteiger partial charge in [-0.25, -0.2) is 0 Å². The fraction of sp³-hybridized carbons (Fsp3) is 0. The molecule has 0 bridgehead atoms. The number of benzene rings is 10. The molecule has 0 aliphatic rings. The van der Waals surface area contributed by atoms with Gasteiger partial charge in [-0.1, -0.05) is 164 Å². The van der Waals surface area contributed by atoms with Gasteiger partial charge in [0.2, 0.25) is 0 Å². The number of hydrogen-bond donors (Lipinski definition) is 0. The van der Waals surface area contributed by atoms with Gasteiger partial charge in [0, 0.05) is 49.3 Å². The van der Waals surface area contributed by atoms with Crippen LogP contribution in [-0.2, 0) is 0 Å². The van der Waals surface area contributed by atoms with Crippen molar-refractivity contribution in [2.75, 3.05) is 0 Å². The first-order valence-corrected chi connectivity index (χ1v) is 21.7. The minimum Gasteiger partial charge on any atom is -0.309 e. The first kappa shape index (κ1) is 35.4. The Kier molecular flexibility index (Phi) is 7.91. The Morgan fingerprint density at radius 2 is 0.571 bits per heavy atom. The molecule has 10 aromatic carbocycles. The Labute approximate surface area is 364 Å². The molecule has 0 unspecified atom stereocenters. The van der Waals surface area contributed by atoms with Crippen molar-refractivity contribution in [3.63, 3.8) is 0 Å². The van der Waals surface area contributed by atoms with Crippen LogP contribution in [0, 0.1) is 0 Å². The second-order valence-electron chi connectivity index (χ2n) is 16.5. The number of nitrogens with zero attached hydrogens (tertiary/aromatic N) is 3. The van der Waals surface area contributed by atoms with Crippen molar-refractivity contribution in [1.29, 1.82) is 0 Å². The zero-order valence-corrected chi connectivity index (χ0v) is 34.4. The van der Waals surface area contributed by atoms with Crippen molar-refractivity contribution in [3.05, 3.63) is 237 Å². The van der Waals surface area contributed by atoms with E-state index in [9.17, 15) is 0 Å². The molecule has 0 aliphatic carbocycles. The van der Waals surface area contributed by atoms with Gasteiger partial charge in [0.25, 0.3) is 0 Å². The molecule has 0 amide bonds. The third-order valence-corrected chi connectivity index (χ3v) is 13.0. The van der Waals surface area contributed by atoms with Crippen LogP contribution in [0.4, 0.5) is 0 Å². The highest BCUT2D eigenvalue weighted by Gasteiger charge is 2.21. The molecular weight excluding hydrogens is 763 g/mol. The molecule has 13 aromatic rings. The lowest BCUT2D eigenvalue weighted by Crippen LogP contribution is -2.02. The molecule has 0 saturated carbocycles. The monoisotopic (exact) mass is 801 g/mol. The van der Waals surface area contributed by atoms with Gasteiger partial charge in [0.1, 0.15) is 0 Å². The molecule has 63 heavy (non-hydrogen) atoms. The molecular formula is C60H39N3. The van der Waals surface area contributed by atoms with E-state index < -0.39 is 0 Å². The van der Waals surface area contributed by atoms with Gasteiger partial charge >= 0.3 is 0 Å². The van der Waals surface area contributed by atoms with Crippen LogP contribution >= 0.6 is 0 Å². The number of hydrogen-bond acceptors (Lipinski definition) is 0. The molecule has 0 spiro atoms. The van der Waals surface area contributed by atoms with Gasteiger partial charge < -0.3 is 13.7 Å². The van der Waals surface area contributed by atoms with Crippen molar-refractivity contribution < 1.29 is 0 Å². The van der Waals surface area contributed by atoms with Gasteiger partial charge in [-0.15, -0.1) is 0 Å². The molecule has 0 radical (unpaired) electrons. The van der Waals surface area contributed by atoms with Gasteiger partial charge in [-0.05, 0) is 101 Å². The van der Waals surface area contributed by atoms with Crippen molar-refractivity contribution in [2.45, 2.75) is 0 Å². The van der Waals surface area contributed by atoms with Crippen LogP contribution in [0.1, 0.15) is 0 Å². The molecule has 3 heteroatoms. The van der Waals surface area contributed by atoms with Crippen LogP contribution in [0.3, 0.4) is 0 Å². The maximum Gasteiger partial charge on any atom is 0.0541 e. The zero-order valence-electron chi connectivity index (χ0n) is 34.4. The first-order valence-electron chi connectivity index (χ1n) is 21.7. The normalized spacial score (nSPS) is 11.8. The summed E-state index contributed by atoms with van der Waals surface area (Å²) in [5.41, 5.74) is 17.6. The fourth-order valence-electron chi connectivity index (χ4n) is 10.2. The number of rotatable bonds is 6. The Morgan fingerprint density at radius 3 is 1.05 bits per heavy atom. The van der Waals surface area contributed by atoms with Crippen molar-refractivity contribution in [2.24, 2.45) is 0 Å². The third kappa shape index (κ3) is 5.53. The van der Waals surface area contributed by atoms with E-state index in [-0.39, 0.29) is 0 Å². The Bertz CT molecular complexity index is 3670. The van der Waals surface area contributed by atoms with E-state index in [0.29, 0.717) is 0 Å². The van der Waals surface area contributed by atoms with E-state index in [1.54, 1.807) is 0 Å². The summed E-state index contributed by atoms with van der Waals surface area (Å²) in [5.74, 6) is 0. The summed E-state index contributed by atoms with van der Waals surface area (Å²) >= 11 is 0. The Morgan fingerprint density at radius 1 is 0.206 bits per heavy atom. The lowest BCUT2D eigenvalue weighted by molar-refractivity contribution is 1.13. The van der Waals surface area contributed by atoms with E-state index in [4.69, 9.17) is 0 Å². The molecule has 0 saturated heterocycles. The second-order valence-corrected chi connectivity index (χ2v) is 16.5. The number of aromatic nitrogens is 3. The summed E-state index contributed by atoms with van der Waals surface area (Å²) in [6, 6.07) is 86.6. The largest absolute Gasteiger partial charge is 0.309 e. The molecule has 294 valence electrons. The lowest BCUT2D eigenvalue weighted by atomic mass is 10.0. The Hall–Kier alpha value is -8.40. The second kappa shape index (κ2) is 14.1. The average molecular weight is 802 g/mol. The lowest BCUT2D eigenvalue weighted by Gasteiger charge is -2.18. The SMILES string of the molecule is c1ccc(-c2ccc3c(c2)c2ccccc2n3-c2cc(-c3ccccc3-n3c4ccccc4c4ccccc43)cc(-n3c4ccccc4c4cc(-c5ccccc5)ccc43)c2)cc1. The van der Waals surface area contributed by atoms with Gasteiger partial charge in [-0.2, -0.15) is 0 Å². The average Bonchev–Trinajstić information content (AvgIpc) is 4.00. The van der Waals surface area contributed by atoms with E-state index in [1.165, 1.54) is 87.7 Å². The van der Waals surface area contributed by atoms with Crippen LogP contribution in [0.25, 0.3) is 116 Å². The molecule has 3 aromatic heterocycles. The fourth-order valence-corrected chi connectivity index (χ4v) is 10.2. The van der Waals surface area contributed by atoms with Crippen LogP contribution in [0.15, 0.2) is 237 Å². The standard InChI is InChI=1S/C60H39N3/c1-3-17-40(18-4-1)42-31-33-59-52(37-42)50-24-10-13-27-55(50)61(59)45-35-44(47-21-7-12-26-54(47)63-57-29-15-8-22-48(57)49-23-9-16-30-58(49)63)36-46(39-45)62-56-28-14-11-25-51(56)53-38-43(32-34-60(53)62)41-19-5-2-6-20-41/h1-39H. The summed E-state index contributed by atoms with van der Waals surface area (Å²) in [6.45, 7) is 0. The van der Waals surface area contributed by atoms with E-state index in [2.05, 4.69) is 250 Å². The predicted molar refractivity (Wildman–Crippen MR) is 266 cm³/mol.